The fraction of sp³-hybridized carbons (Fsp3) is 0.158. The SMILES string of the molecule is CC(C)(Oc1ccc(C(=O)C=Cc2cccc(O)c2)c(O)c1)C(=O)O. The van der Waals surface area contributed by atoms with E-state index in [9.17, 15) is 19.8 Å². The van der Waals surface area contributed by atoms with E-state index in [-0.39, 0.29) is 22.8 Å². The van der Waals surface area contributed by atoms with Crippen LogP contribution in [0.3, 0.4) is 0 Å². The monoisotopic (exact) mass is 342 g/mol. The molecular formula is C19H18O6. The zero-order valence-corrected chi connectivity index (χ0v) is 13.8. The summed E-state index contributed by atoms with van der Waals surface area (Å²) < 4.78 is 5.30. The minimum absolute atomic E-state index is 0.0527. The molecule has 0 aromatic heterocycles. The van der Waals surface area contributed by atoms with E-state index >= 15 is 0 Å². The molecule has 0 spiro atoms. The Morgan fingerprint density at radius 1 is 1.08 bits per heavy atom. The van der Waals surface area contributed by atoms with Gasteiger partial charge in [-0.25, -0.2) is 4.79 Å². The normalized spacial score (nSPS) is 11.4. The summed E-state index contributed by atoms with van der Waals surface area (Å²) in [6.45, 7) is 2.76. The van der Waals surface area contributed by atoms with Crippen LogP contribution in [-0.4, -0.2) is 32.7 Å². The van der Waals surface area contributed by atoms with Crippen LogP contribution in [0.25, 0.3) is 6.08 Å². The first-order valence-corrected chi connectivity index (χ1v) is 7.46. The number of allylic oxidation sites excluding steroid dienone is 1. The first kappa shape index (κ1) is 18.1. The Balaban J connectivity index is 2.17. The molecule has 0 radical (unpaired) electrons. The Kier molecular flexibility index (Phi) is 5.12. The molecule has 25 heavy (non-hydrogen) atoms. The van der Waals surface area contributed by atoms with Crippen LogP contribution in [0.5, 0.6) is 17.2 Å². The predicted octanol–water partition coefficient (Wildman–Crippen LogP) is 3.24. The van der Waals surface area contributed by atoms with Crippen LogP contribution in [0.15, 0.2) is 48.5 Å². The van der Waals surface area contributed by atoms with Gasteiger partial charge < -0.3 is 20.1 Å². The lowest BCUT2D eigenvalue weighted by molar-refractivity contribution is -0.152. The molecule has 0 amide bonds. The number of phenolic OH excluding ortho intramolecular Hbond substituents is 2. The molecule has 0 heterocycles. The van der Waals surface area contributed by atoms with Crippen LogP contribution in [0.2, 0.25) is 0 Å². The molecule has 0 aliphatic carbocycles. The standard InChI is InChI=1S/C19H18O6/c1-19(2,18(23)24)25-14-7-8-15(17(22)11-14)16(21)9-6-12-4-3-5-13(20)10-12/h3-11,20,22H,1-2H3,(H,23,24). The number of hydrogen-bond donors (Lipinski definition) is 3. The molecular weight excluding hydrogens is 324 g/mol. The van der Waals surface area contributed by atoms with E-state index in [4.69, 9.17) is 9.84 Å². The fourth-order valence-electron chi connectivity index (χ4n) is 2.01. The topological polar surface area (TPSA) is 104 Å². The van der Waals surface area contributed by atoms with Gasteiger partial charge in [-0.15, -0.1) is 0 Å². The summed E-state index contributed by atoms with van der Waals surface area (Å²) in [5.41, 5.74) is -0.777. The average Bonchev–Trinajstić information content (AvgIpc) is 2.52. The lowest BCUT2D eigenvalue weighted by Crippen LogP contribution is -2.37. The van der Waals surface area contributed by atoms with Gasteiger partial charge >= 0.3 is 5.97 Å². The van der Waals surface area contributed by atoms with Gasteiger partial charge in [-0.3, -0.25) is 4.79 Å². The van der Waals surface area contributed by atoms with Crippen LogP contribution in [0.1, 0.15) is 29.8 Å². The number of carboxylic acids is 1. The second-order valence-electron chi connectivity index (χ2n) is 5.89. The lowest BCUT2D eigenvalue weighted by atomic mass is 10.1. The molecule has 0 atom stereocenters. The Hall–Kier alpha value is -3.28. The molecule has 0 fully saturated rings. The number of phenols is 2. The minimum atomic E-state index is -1.47. The van der Waals surface area contributed by atoms with Crippen molar-refractivity contribution in [1.29, 1.82) is 0 Å². The van der Waals surface area contributed by atoms with Crippen molar-refractivity contribution in [3.05, 3.63) is 59.7 Å². The van der Waals surface area contributed by atoms with E-state index in [2.05, 4.69) is 0 Å². The maximum absolute atomic E-state index is 12.2. The number of aliphatic carboxylic acids is 1. The van der Waals surface area contributed by atoms with Crippen molar-refractivity contribution in [2.24, 2.45) is 0 Å². The van der Waals surface area contributed by atoms with Crippen LogP contribution >= 0.6 is 0 Å². The number of hydrogen-bond acceptors (Lipinski definition) is 5. The van der Waals surface area contributed by atoms with Gasteiger partial charge in [0.25, 0.3) is 0 Å². The molecule has 130 valence electrons. The zero-order valence-electron chi connectivity index (χ0n) is 13.8. The third-order valence-electron chi connectivity index (χ3n) is 3.42. The highest BCUT2D eigenvalue weighted by atomic mass is 16.5. The molecule has 0 saturated heterocycles. The molecule has 0 bridgehead atoms. The van der Waals surface area contributed by atoms with E-state index in [1.165, 1.54) is 56.3 Å². The van der Waals surface area contributed by atoms with E-state index in [1.54, 1.807) is 12.1 Å². The molecule has 0 aliphatic rings. The molecule has 2 aromatic rings. The highest BCUT2D eigenvalue weighted by Crippen LogP contribution is 2.27. The number of carbonyl (C=O) groups is 2. The number of rotatable bonds is 6. The third-order valence-corrected chi connectivity index (χ3v) is 3.42. The number of carboxylic acid groups (broad SMARTS) is 1. The molecule has 0 aliphatic heterocycles. The molecule has 6 nitrogen and oxygen atoms in total. The molecule has 3 N–H and O–H groups in total. The van der Waals surface area contributed by atoms with E-state index in [0.717, 1.165) is 0 Å². The molecule has 6 heteroatoms. The maximum Gasteiger partial charge on any atom is 0.347 e. The van der Waals surface area contributed by atoms with Crippen molar-refractivity contribution in [2.45, 2.75) is 19.4 Å². The fourth-order valence-corrected chi connectivity index (χ4v) is 2.01. The van der Waals surface area contributed by atoms with Crippen molar-refractivity contribution in [1.82, 2.24) is 0 Å². The number of ketones is 1. The summed E-state index contributed by atoms with van der Waals surface area (Å²) in [6.07, 6.45) is 2.78. The molecule has 0 unspecified atom stereocenters. The first-order chi connectivity index (χ1) is 11.7. The van der Waals surface area contributed by atoms with Crippen molar-refractivity contribution >= 4 is 17.8 Å². The van der Waals surface area contributed by atoms with Gasteiger partial charge in [-0.1, -0.05) is 18.2 Å². The van der Waals surface area contributed by atoms with Gasteiger partial charge in [0, 0.05) is 6.07 Å². The van der Waals surface area contributed by atoms with Gasteiger partial charge in [-0.2, -0.15) is 0 Å². The predicted molar refractivity (Wildman–Crippen MR) is 91.9 cm³/mol. The second kappa shape index (κ2) is 7.09. The van der Waals surface area contributed by atoms with Gasteiger partial charge in [0.2, 0.25) is 0 Å². The Morgan fingerprint density at radius 3 is 2.40 bits per heavy atom. The van der Waals surface area contributed by atoms with E-state index in [1.807, 2.05) is 0 Å². The zero-order chi connectivity index (χ0) is 18.6. The van der Waals surface area contributed by atoms with Gasteiger partial charge in [-0.05, 0) is 49.8 Å². The third kappa shape index (κ3) is 4.60. The number of ether oxygens (including phenoxy) is 1. The smallest absolute Gasteiger partial charge is 0.347 e. The summed E-state index contributed by atoms with van der Waals surface area (Å²) in [7, 11) is 0. The van der Waals surface area contributed by atoms with Crippen LogP contribution in [0.4, 0.5) is 0 Å². The van der Waals surface area contributed by atoms with Gasteiger partial charge in [0.05, 0.1) is 5.56 Å². The van der Waals surface area contributed by atoms with Gasteiger partial charge in [0.15, 0.2) is 11.4 Å². The van der Waals surface area contributed by atoms with Crippen molar-refractivity contribution < 1.29 is 29.6 Å². The number of benzene rings is 2. The van der Waals surface area contributed by atoms with Crippen molar-refractivity contribution in [3.63, 3.8) is 0 Å². The van der Waals surface area contributed by atoms with Crippen LogP contribution in [-0.2, 0) is 4.79 Å². The summed E-state index contributed by atoms with van der Waals surface area (Å²) in [5.74, 6) is -1.69. The maximum atomic E-state index is 12.2. The van der Waals surface area contributed by atoms with Crippen molar-refractivity contribution in [2.75, 3.05) is 0 Å². The number of aromatic hydroxyl groups is 2. The van der Waals surface area contributed by atoms with Crippen LogP contribution in [0, 0.1) is 0 Å². The largest absolute Gasteiger partial charge is 0.508 e. The average molecular weight is 342 g/mol. The molecule has 2 rings (SSSR count). The minimum Gasteiger partial charge on any atom is -0.508 e. The number of carbonyl (C=O) groups excluding carboxylic acids is 1. The molecule has 0 saturated carbocycles. The second-order valence-corrected chi connectivity index (χ2v) is 5.89. The molecule has 2 aromatic carbocycles. The van der Waals surface area contributed by atoms with E-state index < -0.39 is 17.4 Å². The summed E-state index contributed by atoms with van der Waals surface area (Å²) in [6, 6.07) is 10.3. The van der Waals surface area contributed by atoms with Crippen LogP contribution < -0.4 is 4.74 Å². The summed E-state index contributed by atoms with van der Waals surface area (Å²) >= 11 is 0. The Bertz CT molecular complexity index is 836. The summed E-state index contributed by atoms with van der Waals surface area (Å²) in [5, 5.41) is 28.4. The first-order valence-electron chi connectivity index (χ1n) is 7.46. The summed E-state index contributed by atoms with van der Waals surface area (Å²) in [4.78, 5) is 23.2. The van der Waals surface area contributed by atoms with Gasteiger partial charge in [0.1, 0.15) is 17.2 Å². The highest BCUT2D eigenvalue weighted by Gasteiger charge is 2.29. The quantitative estimate of drug-likeness (QED) is 0.550. The Labute approximate surface area is 144 Å². The lowest BCUT2D eigenvalue weighted by Gasteiger charge is -2.21. The van der Waals surface area contributed by atoms with Crippen molar-refractivity contribution in [3.8, 4) is 17.2 Å². The van der Waals surface area contributed by atoms with E-state index in [0.29, 0.717) is 5.56 Å². The highest BCUT2D eigenvalue weighted by molar-refractivity contribution is 6.08. The Morgan fingerprint density at radius 2 is 1.80 bits per heavy atom.